The van der Waals surface area contributed by atoms with Crippen molar-refractivity contribution in [2.75, 3.05) is 33.7 Å². The molecule has 25 heavy (non-hydrogen) atoms. The van der Waals surface area contributed by atoms with Gasteiger partial charge < -0.3 is 19.9 Å². The highest BCUT2D eigenvalue weighted by atomic mass is 16.6. The molecule has 6 nitrogen and oxygen atoms in total. The highest BCUT2D eigenvalue weighted by molar-refractivity contribution is 5.88. The van der Waals surface area contributed by atoms with E-state index in [0.29, 0.717) is 11.8 Å². The molecule has 3 unspecified atom stereocenters. The number of amides is 2. The number of rotatable bonds is 5. The minimum absolute atomic E-state index is 0.0193. The van der Waals surface area contributed by atoms with Crippen LogP contribution in [0.5, 0.6) is 0 Å². The van der Waals surface area contributed by atoms with Gasteiger partial charge in [0.05, 0.1) is 0 Å². The summed E-state index contributed by atoms with van der Waals surface area (Å²) in [6, 6.07) is 0.250. The summed E-state index contributed by atoms with van der Waals surface area (Å²) in [5.41, 5.74) is -0.459. The molecular formula is C19H33N3O3. The molecule has 1 aliphatic carbocycles. The second-order valence-corrected chi connectivity index (χ2v) is 8.51. The van der Waals surface area contributed by atoms with Gasteiger partial charge >= 0.3 is 6.09 Å². The van der Waals surface area contributed by atoms with E-state index >= 15 is 0 Å². The van der Waals surface area contributed by atoms with Crippen LogP contribution >= 0.6 is 0 Å². The molecule has 6 heteroatoms. The van der Waals surface area contributed by atoms with Gasteiger partial charge in [-0.1, -0.05) is 6.08 Å². The molecule has 1 heterocycles. The van der Waals surface area contributed by atoms with Crippen molar-refractivity contribution in [2.45, 2.75) is 51.7 Å². The van der Waals surface area contributed by atoms with Gasteiger partial charge in [0, 0.05) is 31.8 Å². The number of piperidine rings is 1. The number of hydrogen-bond donors (Lipinski definition) is 1. The standard InChI is InChI=1S/C19H33N3O3/c1-19(2,3)25-18(24)22-11-6-8-14(13-22)15-12-16(15)20-17(23)9-7-10-21(4)5/h7,9,14-16H,6,8,10-13H2,1-5H3,(H,20,23)/b9-7+. The average molecular weight is 351 g/mol. The lowest BCUT2D eigenvalue weighted by Gasteiger charge is -2.34. The van der Waals surface area contributed by atoms with Crippen LogP contribution in [-0.4, -0.2) is 67.2 Å². The highest BCUT2D eigenvalue weighted by Crippen LogP contribution is 2.41. The summed E-state index contributed by atoms with van der Waals surface area (Å²) in [7, 11) is 3.94. The van der Waals surface area contributed by atoms with Gasteiger partial charge in [0.2, 0.25) is 5.91 Å². The topological polar surface area (TPSA) is 61.9 Å². The lowest BCUT2D eigenvalue weighted by Crippen LogP contribution is -2.44. The van der Waals surface area contributed by atoms with Gasteiger partial charge in [0.25, 0.3) is 0 Å². The number of hydrogen-bond acceptors (Lipinski definition) is 4. The van der Waals surface area contributed by atoms with Crippen molar-refractivity contribution in [2.24, 2.45) is 11.8 Å². The van der Waals surface area contributed by atoms with Crippen LogP contribution in [-0.2, 0) is 9.53 Å². The second kappa shape index (κ2) is 8.21. The predicted octanol–water partition coefficient (Wildman–Crippen LogP) is 2.26. The first-order chi connectivity index (χ1) is 11.7. The highest BCUT2D eigenvalue weighted by Gasteiger charge is 2.45. The second-order valence-electron chi connectivity index (χ2n) is 8.51. The Balaban J connectivity index is 1.77. The van der Waals surface area contributed by atoms with Crippen LogP contribution in [0.15, 0.2) is 12.2 Å². The molecule has 2 aliphatic rings. The molecule has 0 bridgehead atoms. The van der Waals surface area contributed by atoms with Gasteiger partial charge in [-0.3, -0.25) is 4.79 Å². The zero-order valence-corrected chi connectivity index (χ0v) is 16.2. The zero-order valence-electron chi connectivity index (χ0n) is 16.2. The molecule has 1 aliphatic heterocycles. The van der Waals surface area contributed by atoms with Gasteiger partial charge in [-0.2, -0.15) is 0 Å². The average Bonchev–Trinajstić information content (AvgIpc) is 3.24. The fourth-order valence-corrected chi connectivity index (χ4v) is 3.35. The third kappa shape index (κ3) is 6.69. The number of nitrogens with one attached hydrogen (secondary N) is 1. The van der Waals surface area contributed by atoms with Gasteiger partial charge in [0.15, 0.2) is 0 Å². The fraction of sp³-hybridized carbons (Fsp3) is 0.789. The van der Waals surface area contributed by atoms with Crippen molar-refractivity contribution in [1.82, 2.24) is 15.1 Å². The summed E-state index contributed by atoms with van der Waals surface area (Å²) < 4.78 is 5.48. The Hall–Kier alpha value is -1.56. The monoisotopic (exact) mass is 351 g/mol. The van der Waals surface area contributed by atoms with Crippen molar-refractivity contribution in [1.29, 1.82) is 0 Å². The van der Waals surface area contributed by atoms with Gasteiger partial charge in [-0.15, -0.1) is 0 Å². The van der Waals surface area contributed by atoms with Crippen LogP contribution in [0, 0.1) is 11.8 Å². The molecule has 1 saturated carbocycles. The van der Waals surface area contributed by atoms with E-state index in [4.69, 9.17) is 4.74 Å². The summed E-state index contributed by atoms with van der Waals surface area (Å²) in [5.74, 6) is 0.919. The molecule has 1 saturated heterocycles. The van der Waals surface area contributed by atoms with E-state index in [1.54, 1.807) is 6.08 Å². The van der Waals surface area contributed by atoms with Crippen molar-refractivity contribution >= 4 is 12.0 Å². The van der Waals surface area contributed by atoms with Crippen LogP contribution in [0.25, 0.3) is 0 Å². The molecular weight excluding hydrogens is 318 g/mol. The Morgan fingerprint density at radius 2 is 2.04 bits per heavy atom. The smallest absolute Gasteiger partial charge is 0.410 e. The van der Waals surface area contributed by atoms with Crippen molar-refractivity contribution < 1.29 is 14.3 Å². The van der Waals surface area contributed by atoms with Gasteiger partial charge in [-0.25, -0.2) is 4.79 Å². The molecule has 0 aromatic heterocycles. The van der Waals surface area contributed by atoms with Crippen LogP contribution in [0.2, 0.25) is 0 Å². The number of carbonyl (C=O) groups is 2. The third-order valence-corrected chi connectivity index (χ3v) is 4.62. The Bertz CT molecular complexity index is 511. The Morgan fingerprint density at radius 3 is 2.68 bits per heavy atom. The Morgan fingerprint density at radius 1 is 1.32 bits per heavy atom. The first-order valence-electron chi connectivity index (χ1n) is 9.25. The van der Waals surface area contributed by atoms with Crippen molar-refractivity contribution in [3.63, 3.8) is 0 Å². The summed E-state index contributed by atoms with van der Waals surface area (Å²) in [6.45, 7) is 7.94. The number of likely N-dealkylation sites (tertiary alicyclic amines) is 1. The molecule has 3 atom stereocenters. The lowest BCUT2D eigenvalue weighted by atomic mass is 9.93. The SMILES string of the molecule is CN(C)C/C=C/C(=O)NC1CC1C1CCCN(C(=O)OC(C)(C)C)C1. The molecule has 142 valence electrons. The number of nitrogens with zero attached hydrogens (tertiary/aromatic N) is 2. The maximum Gasteiger partial charge on any atom is 0.410 e. The normalized spacial score (nSPS) is 26.8. The molecule has 2 fully saturated rings. The van der Waals surface area contributed by atoms with Crippen LogP contribution < -0.4 is 5.32 Å². The predicted molar refractivity (Wildman–Crippen MR) is 98.3 cm³/mol. The minimum Gasteiger partial charge on any atom is -0.444 e. The largest absolute Gasteiger partial charge is 0.444 e. The summed E-state index contributed by atoms with van der Waals surface area (Å²) in [6.07, 6.45) is 6.40. The quantitative estimate of drug-likeness (QED) is 0.772. The van der Waals surface area contributed by atoms with Crippen LogP contribution in [0.1, 0.15) is 40.0 Å². The van der Waals surface area contributed by atoms with Gasteiger partial charge in [-0.05, 0) is 66.0 Å². The fourth-order valence-electron chi connectivity index (χ4n) is 3.35. The van der Waals surface area contributed by atoms with E-state index < -0.39 is 5.60 Å². The van der Waals surface area contributed by atoms with E-state index in [9.17, 15) is 9.59 Å². The molecule has 0 radical (unpaired) electrons. The molecule has 0 aromatic rings. The number of carbonyl (C=O) groups excluding carboxylic acids is 2. The number of likely N-dealkylation sites (N-methyl/N-ethyl adjacent to an activating group) is 1. The lowest BCUT2D eigenvalue weighted by molar-refractivity contribution is -0.116. The summed E-state index contributed by atoms with van der Waals surface area (Å²) >= 11 is 0. The van der Waals surface area contributed by atoms with Crippen LogP contribution in [0.4, 0.5) is 4.79 Å². The maximum absolute atomic E-state index is 12.3. The molecule has 0 spiro atoms. The first-order valence-corrected chi connectivity index (χ1v) is 9.25. The summed E-state index contributed by atoms with van der Waals surface area (Å²) in [4.78, 5) is 28.0. The van der Waals surface area contributed by atoms with Crippen molar-refractivity contribution in [3.05, 3.63) is 12.2 Å². The molecule has 2 amide bonds. The molecule has 2 rings (SSSR count). The van der Waals surface area contributed by atoms with Gasteiger partial charge in [0.1, 0.15) is 5.60 Å². The van der Waals surface area contributed by atoms with E-state index in [1.165, 1.54) is 0 Å². The Labute approximate surface area is 151 Å². The molecule has 0 aromatic carbocycles. The summed E-state index contributed by atoms with van der Waals surface area (Å²) in [5, 5.41) is 3.08. The minimum atomic E-state index is -0.459. The van der Waals surface area contributed by atoms with E-state index in [1.807, 2.05) is 50.7 Å². The maximum atomic E-state index is 12.3. The molecule has 1 N–H and O–H groups in total. The van der Waals surface area contributed by atoms with Crippen LogP contribution in [0.3, 0.4) is 0 Å². The zero-order chi connectivity index (χ0) is 18.6. The third-order valence-electron chi connectivity index (χ3n) is 4.62. The number of ether oxygens (including phenoxy) is 1. The van der Waals surface area contributed by atoms with E-state index in [0.717, 1.165) is 38.9 Å². The first kappa shape index (κ1) is 19.8. The van der Waals surface area contributed by atoms with E-state index in [2.05, 4.69) is 5.32 Å². The Kier molecular flexibility index (Phi) is 6.49. The van der Waals surface area contributed by atoms with E-state index in [-0.39, 0.29) is 18.0 Å². The van der Waals surface area contributed by atoms with Crippen molar-refractivity contribution in [3.8, 4) is 0 Å².